The highest BCUT2D eigenvalue weighted by molar-refractivity contribution is 9.10. The quantitative estimate of drug-likeness (QED) is 0.242. The molecule has 10 nitrogen and oxygen atoms in total. The highest BCUT2D eigenvalue weighted by atomic mass is 79.9. The average molecular weight is 491 g/mol. The van der Waals surface area contributed by atoms with Crippen molar-refractivity contribution in [3.05, 3.63) is 34.2 Å². The first-order valence-electron chi connectivity index (χ1n) is 8.75. The van der Waals surface area contributed by atoms with Crippen LogP contribution >= 0.6 is 23.4 Å². The number of aliphatic imine (C=N–C) groups is 1. The van der Waals surface area contributed by atoms with Gasteiger partial charge in [-0.1, -0.05) is 0 Å². The Balaban J connectivity index is 1.75. The fourth-order valence-corrected chi connectivity index (χ4v) is 4.35. The zero-order chi connectivity index (χ0) is 21.0. The van der Waals surface area contributed by atoms with Gasteiger partial charge in [-0.15, -0.1) is 0 Å². The minimum Gasteiger partial charge on any atom is -0.352 e. The van der Waals surface area contributed by atoms with E-state index in [1.54, 1.807) is 6.66 Å². The molecule has 1 aliphatic heterocycles. The second-order valence-corrected chi connectivity index (χ2v) is 9.70. The molecule has 1 saturated heterocycles. The van der Waals surface area contributed by atoms with Gasteiger partial charge in [0.2, 0.25) is 5.82 Å². The van der Waals surface area contributed by atoms with Gasteiger partial charge in [-0.3, -0.25) is 15.3 Å². The number of hydrogen-bond acceptors (Lipinski definition) is 8. The summed E-state index contributed by atoms with van der Waals surface area (Å²) >= 11 is 3.10. The van der Waals surface area contributed by atoms with Crippen molar-refractivity contribution in [3.63, 3.8) is 0 Å². The van der Waals surface area contributed by atoms with Crippen LogP contribution in [0.3, 0.4) is 0 Å². The van der Waals surface area contributed by atoms with Crippen molar-refractivity contribution in [2.24, 2.45) is 4.99 Å². The van der Waals surface area contributed by atoms with Crippen molar-refractivity contribution < 1.29 is 23.3 Å². The molecule has 158 valence electrons. The maximum Gasteiger partial charge on any atom is 0.266 e. The second kappa shape index (κ2) is 9.31. The minimum absolute atomic E-state index is 0.0115. The lowest BCUT2D eigenvalue weighted by Crippen LogP contribution is -2.42. The molecular weight excluding hydrogens is 470 g/mol. The molecule has 1 fully saturated rings. The maximum atomic E-state index is 13.4. The van der Waals surface area contributed by atoms with Gasteiger partial charge in [0.05, 0.1) is 10.2 Å². The molecule has 13 heteroatoms. The molecule has 0 saturated carbocycles. The molecule has 0 bridgehead atoms. The molecule has 2 heterocycles. The molecule has 29 heavy (non-hydrogen) atoms. The van der Waals surface area contributed by atoms with Gasteiger partial charge in [0, 0.05) is 32.9 Å². The minimum atomic E-state index is -2.81. The smallest absolute Gasteiger partial charge is 0.266 e. The van der Waals surface area contributed by atoms with Crippen LogP contribution in [0, 0.1) is 5.82 Å². The summed E-state index contributed by atoms with van der Waals surface area (Å²) < 4.78 is 35.6. The Kier molecular flexibility index (Phi) is 7.01. The topological polar surface area (TPSA) is 125 Å². The van der Waals surface area contributed by atoms with Crippen LogP contribution < -0.4 is 15.5 Å². The Morgan fingerprint density at radius 1 is 1.45 bits per heavy atom. The Hall–Kier alpha value is -1.85. The van der Waals surface area contributed by atoms with Crippen molar-refractivity contribution in [1.82, 2.24) is 20.9 Å². The number of hydroxylamine groups is 1. The largest absolute Gasteiger partial charge is 0.352 e. The van der Waals surface area contributed by atoms with Crippen LogP contribution in [-0.2, 0) is 9.09 Å². The molecule has 1 aromatic carbocycles. The summed E-state index contributed by atoms with van der Waals surface area (Å²) in [4.78, 5) is 6.19. The summed E-state index contributed by atoms with van der Waals surface area (Å²) in [6.07, 6.45) is 1.41. The first kappa shape index (κ1) is 21.8. The summed E-state index contributed by atoms with van der Waals surface area (Å²) in [5.74, 6) is 0.00151. The van der Waals surface area contributed by atoms with E-state index in [0.29, 0.717) is 37.4 Å². The summed E-state index contributed by atoms with van der Waals surface area (Å²) in [6.45, 7) is 2.75. The number of rotatable bonds is 6. The Morgan fingerprint density at radius 3 is 2.79 bits per heavy atom. The van der Waals surface area contributed by atoms with Crippen molar-refractivity contribution in [1.29, 1.82) is 0 Å². The third kappa shape index (κ3) is 5.40. The van der Waals surface area contributed by atoms with Crippen LogP contribution in [0.5, 0.6) is 0 Å². The van der Waals surface area contributed by atoms with Gasteiger partial charge in [0.15, 0.2) is 11.5 Å². The van der Waals surface area contributed by atoms with Crippen molar-refractivity contribution >= 4 is 40.8 Å². The number of benzene rings is 1. The maximum absolute atomic E-state index is 13.4. The van der Waals surface area contributed by atoms with Crippen LogP contribution in [0.1, 0.15) is 18.5 Å². The number of anilines is 1. The predicted molar refractivity (Wildman–Crippen MR) is 108 cm³/mol. The van der Waals surface area contributed by atoms with E-state index in [0.717, 1.165) is 0 Å². The predicted octanol–water partition coefficient (Wildman–Crippen LogP) is 3.06. The lowest BCUT2D eigenvalue weighted by atomic mass is 10.1. The Bertz CT molecular complexity index is 934. The number of hydrogen-bond donors (Lipinski definition) is 3. The lowest BCUT2D eigenvalue weighted by molar-refractivity contribution is 0.234. The van der Waals surface area contributed by atoms with Crippen molar-refractivity contribution in [3.8, 4) is 0 Å². The van der Waals surface area contributed by atoms with E-state index in [2.05, 4.69) is 36.3 Å². The number of amidine groups is 1. The molecule has 3 N–H and O–H groups in total. The number of aromatic nitrogens is 2. The van der Waals surface area contributed by atoms with Gasteiger partial charge >= 0.3 is 0 Å². The second-order valence-electron chi connectivity index (χ2n) is 6.53. The molecule has 1 aromatic heterocycles. The first-order chi connectivity index (χ1) is 13.8. The molecule has 0 amide bonds. The van der Waals surface area contributed by atoms with Crippen LogP contribution in [-0.4, -0.2) is 54.3 Å². The SMILES string of the molecule is COP(C)(=O)NC1CCN(c2nonc2C(=Nc2ccc(F)c(Br)c2)NO)CC1. The average Bonchev–Trinajstić information content (AvgIpc) is 3.18. The van der Waals surface area contributed by atoms with E-state index < -0.39 is 13.3 Å². The Morgan fingerprint density at radius 2 is 2.17 bits per heavy atom. The van der Waals surface area contributed by atoms with E-state index in [4.69, 9.17) is 9.15 Å². The molecule has 1 unspecified atom stereocenters. The summed E-state index contributed by atoms with van der Waals surface area (Å²) in [5, 5.41) is 20.4. The molecule has 1 atom stereocenters. The normalized spacial score (nSPS) is 18.0. The third-order valence-electron chi connectivity index (χ3n) is 4.51. The fraction of sp³-hybridized carbons (Fsp3) is 0.438. The third-order valence-corrected chi connectivity index (χ3v) is 6.64. The van der Waals surface area contributed by atoms with Crippen molar-refractivity contribution in [2.45, 2.75) is 18.9 Å². The van der Waals surface area contributed by atoms with Crippen LogP contribution in [0.15, 0.2) is 32.3 Å². The first-order valence-corrected chi connectivity index (χ1v) is 11.6. The standard InChI is InChI=1S/C16H21BrFN6O4P/c1-27-29(2,26)23-10-5-7-24(8-6-10)16-14(21-28-22-16)15(20-25)19-11-3-4-13(18)12(17)9-11/h3-4,9-10,25H,5-8H2,1-2H3,(H,19,20)(H,23,26). The van der Waals surface area contributed by atoms with Gasteiger partial charge in [0.25, 0.3) is 7.52 Å². The van der Waals surface area contributed by atoms with E-state index in [-0.39, 0.29) is 22.0 Å². The molecule has 0 radical (unpaired) electrons. The molecule has 0 spiro atoms. The summed E-state index contributed by atoms with van der Waals surface area (Å²) in [7, 11) is -1.39. The van der Waals surface area contributed by atoms with Gasteiger partial charge in [-0.25, -0.2) is 19.1 Å². The highest BCUT2D eigenvalue weighted by Gasteiger charge is 2.29. The monoisotopic (exact) mass is 490 g/mol. The number of halogens is 2. The fourth-order valence-electron chi connectivity index (χ4n) is 2.96. The van der Waals surface area contributed by atoms with E-state index in [1.807, 2.05) is 10.4 Å². The van der Waals surface area contributed by atoms with Crippen molar-refractivity contribution in [2.75, 3.05) is 31.8 Å². The van der Waals surface area contributed by atoms with Crippen LogP contribution in [0.2, 0.25) is 0 Å². The van der Waals surface area contributed by atoms with Crippen LogP contribution in [0.25, 0.3) is 0 Å². The summed E-state index contributed by atoms with van der Waals surface area (Å²) in [5.41, 5.74) is 2.61. The van der Waals surface area contributed by atoms with E-state index in [1.165, 1.54) is 25.3 Å². The molecular formula is C16H21BrFN6O4P. The number of piperidine rings is 1. The molecule has 0 aliphatic carbocycles. The van der Waals surface area contributed by atoms with E-state index >= 15 is 0 Å². The number of nitrogens with zero attached hydrogens (tertiary/aromatic N) is 4. The lowest BCUT2D eigenvalue weighted by Gasteiger charge is -2.33. The summed E-state index contributed by atoms with van der Waals surface area (Å²) in [6, 6.07) is 4.23. The van der Waals surface area contributed by atoms with Crippen LogP contribution in [0.4, 0.5) is 15.9 Å². The highest BCUT2D eigenvalue weighted by Crippen LogP contribution is 2.38. The van der Waals surface area contributed by atoms with Gasteiger partial charge in [-0.2, -0.15) is 0 Å². The Labute approximate surface area is 175 Å². The number of nitrogens with one attached hydrogen (secondary N) is 2. The van der Waals surface area contributed by atoms with E-state index in [9.17, 15) is 14.2 Å². The van der Waals surface area contributed by atoms with Gasteiger partial charge in [0.1, 0.15) is 5.82 Å². The zero-order valence-electron chi connectivity index (χ0n) is 15.8. The molecule has 1 aliphatic rings. The van der Waals surface area contributed by atoms with Gasteiger partial charge in [-0.05, 0) is 57.3 Å². The molecule has 3 rings (SSSR count). The molecule has 2 aromatic rings. The zero-order valence-corrected chi connectivity index (χ0v) is 18.3. The van der Waals surface area contributed by atoms with Gasteiger partial charge < -0.3 is 9.42 Å².